The highest BCUT2D eigenvalue weighted by Crippen LogP contribution is 2.00. The molecule has 0 saturated heterocycles. The Kier molecular flexibility index (Phi) is 4.84. The number of hydrogen-bond acceptors (Lipinski definition) is 4. The summed E-state index contributed by atoms with van der Waals surface area (Å²) >= 11 is 0. The molecule has 2 heterocycles. The van der Waals surface area contributed by atoms with Gasteiger partial charge in [-0.05, 0) is 31.7 Å². The van der Waals surface area contributed by atoms with Gasteiger partial charge in [-0.1, -0.05) is 6.07 Å². The lowest BCUT2D eigenvalue weighted by Gasteiger charge is -2.15. The normalized spacial score (nSPS) is 10.8. The van der Waals surface area contributed by atoms with E-state index in [9.17, 15) is 4.79 Å². The monoisotopic (exact) mass is 273 g/mol. The molecule has 0 saturated carbocycles. The smallest absolute Gasteiger partial charge is 0.234 e. The van der Waals surface area contributed by atoms with Gasteiger partial charge in [-0.3, -0.25) is 19.8 Å². The molecular weight excluding hydrogens is 254 g/mol. The van der Waals surface area contributed by atoms with Gasteiger partial charge >= 0.3 is 0 Å². The van der Waals surface area contributed by atoms with Gasteiger partial charge in [0.05, 0.1) is 18.8 Å². The number of carbonyl (C=O) groups excluding carboxylic acids is 1. The molecule has 2 N–H and O–H groups in total. The first kappa shape index (κ1) is 14.2. The van der Waals surface area contributed by atoms with E-state index >= 15 is 0 Å². The first-order valence-corrected chi connectivity index (χ1v) is 6.48. The Morgan fingerprint density at radius 1 is 1.50 bits per heavy atom. The fourth-order valence-electron chi connectivity index (χ4n) is 1.91. The van der Waals surface area contributed by atoms with Crippen LogP contribution in [0.1, 0.15) is 17.0 Å². The molecule has 0 bridgehead atoms. The number of aromatic amines is 1. The number of likely N-dealkylation sites (N-methyl/N-ethyl adjacent to an activating group) is 1. The molecule has 2 rings (SSSR count). The molecule has 0 spiro atoms. The number of hydrogen-bond donors (Lipinski definition) is 2. The minimum absolute atomic E-state index is 0.0166. The summed E-state index contributed by atoms with van der Waals surface area (Å²) in [5.41, 5.74) is 2.92. The van der Waals surface area contributed by atoms with Gasteiger partial charge in [0.1, 0.15) is 0 Å². The molecule has 0 aliphatic heterocycles. The Balaban J connectivity index is 1.73. The molecule has 6 nitrogen and oxygen atoms in total. The Bertz CT molecular complexity index is 552. The maximum Gasteiger partial charge on any atom is 0.234 e. The van der Waals surface area contributed by atoms with Crippen molar-refractivity contribution in [3.05, 3.63) is 47.5 Å². The van der Waals surface area contributed by atoms with Crippen molar-refractivity contribution < 1.29 is 4.79 Å². The molecule has 20 heavy (non-hydrogen) atoms. The summed E-state index contributed by atoms with van der Waals surface area (Å²) in [6.45, 7) is 3.42. The van der Waals surface area contributed by atoms with Crippen molar-refractivity contribution in [3.63, 3.8) is 0 Å². The van der Waals surface area contributed by atoms with Gasteiger partial charge in [-0.25, -0.2) is 0 Å². The molecule has 0 fully saturated rings. The first-order valence-electron chi connectivity index (χ1n) is 6.48. The highest BCUT2D eigenvalue weighted by molar-refractivity contribution is 5.77. The van der Waals surface area contributed by atoms with Crippen molar-refractivity contribution in [1.82, 2.24) is 25.4 Å². The average Bonchev–Trinajstić information content (AvgIpc) is 2.83. The Morgan fingerprint density at radius 3 is 3.00 bits per heavy atom. The van der Waals surface area contributed by atoms with Crippen LogP contribution >= 0.6 is 0 Å². The third kappa shape index (κ3) is 4.47. The molecular formula is C14H19N5O. The lowest BCUT2D eigenvalue weighted by molar-refractivity contribution is -0.122. The van der Waals surface area contributed by atoms with Crippen molar-refractivity contribution in [1.29, 1.82) is 0 Å². The van der Waals surface area contributed by atoms with Crippen molar-refractivity contribution in [2.45, 2.75) is 20.0 Å². The number of amides is 1. The summed E-state index contributed by atoms with van der Waals surface area (Å²) in [6.07, 6.45) is 3.54. The second-order valence-electron chi connectivity index (χ2n) is 4.85. The van der Waals surface area contributed by atoms with E-state index in [2.05, 4.69) is 20.5 Å². The second kappa shape index (κ2) is 6.81. The van der Waals surface area contributed by atoms with Crippen LogP contribution in [0.2, 0.25) is 0 Å². The summed E-state index contributed by atoms with van der Waals surface area (Å²) < 4.78 is 0. The largest absolute Gasteiger partial charge is 0.349 e. The first-order chi connectivity index (χ1) is 9.63. The number of pyridine rings is 1. The Labute approximate surface area is 118 Å². The Morgan fingerprint density at radius 2 is 2.35 bits per heavy atom. The lowest BCUT2D eigenvalue weighted by atomic mass is 10.2. The van der Waals surface area contributed by atoms with E-state index in [0.29, 0.717) is 19.6 Å². The van der Waals surface area contributed by atoms with E-state index in [1.807, 2.05) is 37.1 Å². The van der Waals surface area contributed by atoms with E-state index in [1.165, 1.54) is 0 Å². The van der Waals surface area contributed by atoms with Gasteiger partial charge in [0.15, 0.2) is 0 Å². The summed E-state index contributed by atoms with van der Waals surface area (Å²) in [6, 6.07) is 5.80. The molecule has 106 valence electrons. The summed E-state index contributed by atoms with van der Waals surface area (Å²) in [7, 11) is 1.91. The number of nitrogens with one attached hydrogen (secondary N) is 2. The van der Waals surface area contributed by atoms with Crippen LogP contribution in [0, 0.1) is 6.92 Å². The van der Waals surface area contributed by atoms with Crippen LogP contribution in [0.4, 0.5) is 0 Å². The summed E-state index contributed by atoms with van der Waals surface area (Å²) in [4.78, 5) is 17.8. The SMILES string of the molecule is Cc1cc(CNC(=O)CN(C)Cc2cccnc2)n[nH]1. The van der Waals surface area contributed by atoms with Gasteiger partial charge in [-0.15, -0.1) is 0 Å². The van der Waals surface area contributed by atoms with E-state index < -0.39 is 0 Å². The molecule has 0 aliphatic rings. The van der Waals surface area contributed by atoms with Crippen LogP contribution in [0.15, 0.2) is 30.6 Å². The molecule has 6 heteroatoms. The van der Waals surface area contributed by atoms with Crippen LogP contribution in [-0.2, 0) is 17.9 Å². The fraction of sp³-hybridized carbons (Fsp3) is 0.357. The predicted octanol–water partition coefficient (Wildman–Crippen LogP) is 0.861. The van der Waals surface area contributed by atoms with Crippen molar-refractivity contribution in [2.75, 3.05) is 13.6 Å². The maximum absolute atomic E-state index is 11.8. The van der Waals surface area contributed by atoms with Crippen molar-refractivity contribution in [3.8, 4) is 0 Å². The van der Waals surface area contributed by atoms with E-state index in [0.717, 1.165) is 17.0 Å². The minimum Gasteiger partial charge on any atom is -0.349 e. The zero-order valence-corrected chi connectivity index (χ0v) is 11.8. The molecule has 0 aliphatic carbocycles. The highest BCUT2D eigenvalue weighted by atomic mass is 16.2. The molecule has 1 amide bonds. The number of carbonyl (C=O) groups is 1. The molecule has 0 atom stereocenters. The van der Waals surface area contributed by atoms with E-state index in [4.69, 9.17) is 0 Å². The van der Waals surface area contributed by atoms with Crippen LogP contribution in [0.25, 0.3) is 0 Å². The number of H-pyrrole nitrogens is 1. The number of nitrogens with zero attached hydrogens (tertiary/aromatic N) is 3. The lowest BCUT2D eigenvalue weighted by Crippen LogP contribution is -2.34. The number of aromatic nitrogens is 3. The zero-order valence-electron chi connectivity index (χ0n) is 11.8. The molecule has 2 aromatic rings. The topological polar surface area (TPSA) is 73.9 Å². The van der Waals surface area contributed by atoms with Gasteiger partial charge in [0.2, 0.25) is 5.91 Å². The van der Waals surface area contributed by atoms with Crippen molar-refractivity contribution >= 4 is 5.91 Å². The quantitative estimate of drug-likeness (QED) is 0.818. The molecule has 2 aromatic heterocycles. The fourth-order valence-corrected chi connectivity index (χ4v) is 1.91. The maximum atomic E-state index is 11.8. The predicted molar refractivity (Wildman–Crippen MR) is 75.7 cm³/mol. The van der Waals surface area contributed by atoms with Gasteiger partial charge in [0, 0.05) is 24.6 Å². The summed E-state index contributed by atoms with van der Waals surface area (Å²) in [5.74, 6) is -0.0166. The van der Waals surface area contributed by atoms with Crippen LogP contribution < -0.4 is 5.32 Å². The van der Waals surface area contributed by atoms with Gasteiger partial charge in [-0.2, -0.15) is 5.10 Å². The van der Waals surface area contributed by atoms with Crippen molar-refractivity contribution in [2.24, 2.45) is 0 Å². The molecule has 0 aromatic carbocycles. The molecule has 0 radical (unpaired) electrons. The van der Waals surface area contributed by atoms with Gasteiger partial charge < -0.3 is 5.32 Å². The van der Waals surface area contributed by atoms with E-state index in [-0.39, 0.29) is 5.91 Å². The third-order valence-electron chi connectivity index (χ3n) is 2.81. The molecule has 0 unspecified atom stereocenters. The number of rotatable bonds is 6. The van der Waals surface area contributed by atoms with Gasteiger partial charge in [0.25, 0.3) is 0 Å². The van der Waals surface area contributed by atoms with E-state index in [1.54, 1.807) is 12.4 Å². The highest BCUT2D eigenvalue weighted by Gasteiger charge is 2.07. The standard InChI is InChI=1S/C14H19N5O/c1-11-6-13(18-17-11)8-16-14(20)10-19(2)9-12-4-3-5-15-7-12/h3-7H,8-10H2,1-2H3,(H,16,20)(H,17,18). The van der Waals surface area contributed by atoms with Crippen LogP contribution in [0.5, 0.6) is 0 Å². The Hall–Kier alpha value is -2.21. The zero-order chi connectivity index (χ0) is 14.4. The second-order valence-corrected chi connectivity index (χ2v) is 4.85. The van der Waals surface area contributed by atoms with Crippen LogP contribution in [0.3, 0.4) is 0 Å². The average molecular weight is 273 g/mol. The summed E-state index contributed by atoms with van der Waals surface area (Å²) in [5, 5.41) is 9.77. The number of aryl methyl sites for hydroxylation is 1. The third-order valence-corrected chi connectivity index (χ3v) is 2.81. The minimum atomic E-state index is -0.0166. The van der Waals surface area contributed by atoms with Crippen LogP contribution in [-0.4, -0.2) is 39.6 Å².